The zero-order chi connectivity index (χ0) is 15.0. The van der Waals surface area contributed by atoms with Crippen molar-refractivity contribution in [3.8, 4) is 0 Å². The maximum Gasteiger partial charge on any atom is 0.0574 e. The summed E-state index contributed by atoms with van der Waals surface area (Å²) in [6.07, 6.45) is 6.74. The fourth-order valence-electron chi connectivity index (χ4n) is 2.49. The summed E-state index contributed by atoms with van der Waals surface area (Å²) in [6.45, 7) is 10.1. The maximum absolute atomic E-state index is 4.66. The third-order valence-electron chi connectivity index (χ3n) is 4.09. The van der Waals surface area contributed by atoms with Gasteiger partial charge in [0.2, 0.25) is 0 Å². The molecule has 0 bridgehead atoms. The van der Waals surface area contributed by atoms with Crippen LogP contribution in [0.3, 0.4) is 0 Å². The first-order chi connectivity index (χ1) is 9.67. The Morgan fingerprint density at radius 2 is 1.95 bits per heavy atom. The van der Waals surface area contributed by atoms with Crippen molar-refractivity contribution >= 4 is 5.69 Å². The lowest BCUT2D eigenvalue weighted by Crippen LogP contribution is -2.33. The van der Waals surface area contributed by atoms with Gasteiger partial charge in [0.1, 0.15) is 0 Å². The van der Waals surface area contributed by atoms with Crippen molar-refractivity contribution < 1.29 is 0 Å². The predicted molar refractivity (Wildman–Crippen MR) is 88.3 cm³/mol. The zero-order valence-electron chi connectivity index (χ0n) is 13.8. The molecule has 0 aliphatic heterocycles. The molecule has 1 heterocycles. The summed E-state index contributed by atoms with van der Waals surface area (Å²) in [5.74, 6) is 0. The van der Waals surface area contributed by atoms with Crippen LogP contribution >= 0.6 is 0 Å². The molecule has 0 saturated carbocycles. The van der Waals surface area contributed by atoms with Crippen LogP contribution in [0.15, 0.2) is 18.3 Å². The number of pyridine rings is 1. The van der Waals surface area contributed by atoms with Crippen LogP contribution in [0.4, 0.5) is 5.69 Å². The van der Waals surface area contributed by atoms with Gasteiger partial charge in [-0.15, -0.1) is 0 Å². The lowest BCUT2D eigenvalue weighted by molar-refractivity contribution is 0.559. The molecule has 0 aromatic carbocycles. The van der Waals surface area contributed by atoms with E-state index in [0.29, 0.717) is 12.1 Å². The van der Waals surface area contributed by atoms with E-state index in [1.807, 2.05) is 13.2 Å². The third-order valence-corrected chi connectivity index (χ3v) is 4.09. The molecule has 3 heteroatoms. The fourth-order valence-corrected chi connectivity index (χ4v) is 2.49. The minimum atomic E-state index is 0.358. The van der Waals surface area contributed by atoms with E-state index in [2.05, 4.69) is 55.0 Å². The van der Waals surface area contributed by atoms with Crippen LogP contribution in [0.25, 0.3) is 0 Å². The van der Waals surface area contributed by atoms with Gasteiger partial charge in [0.25, 0.3) is 0 Å². The fraction of sp³-hybridized carbons (Fsp3) is 0.706. The zero-order valence-corrected chi connectivity index (χ0v) is 13.8. The van der Waals surface area contributed by atoms with E-state index < -0.39 is 0 Å². The molecule has 114 valence electrons. The largest absolute Gasteiger partial charge is 0.368 e. The van der Waals surface area contributed by atoms with Crippen LogP contribution in [0.1, 0.15) is 65.1 Å². The van der Waals surface area contributed by atoms with Crippen LogP contribution < -0.4 is 10.2 Å². The Morgan fingerprint density at radius 1 is 1.20 bits per heavy atom. The second kappa shape index (κ2) is 8.96. The second-order valence-electron chi connectivity index (χ2n) is 5.49. The number of nitrogens with zero attached hydrogens (tertiary/aromatic N) is 2. The van der Waals surface area contributed by atoms with Crippen molar-refractivity contribution in [2.24, 2.45) is 0 Å². The molecule has 0 fully saturated rings. The molecule has 0 aliphatic rings. The lowest BCUT2D eigenvalue weighted by atomic mass is 10.1. The minimum absolute atomic E-state index is 0.358. The summed E-state index contributed by atoms with van der Waals surface area (Å²) in [4.78, 5) is 7.15. The number of anilines is 1. The standard InChI is InChI=1S/C17H31N3/c1-6-9-12-20(14(4)7-2)15-10-11-17(19-13-15)16(8-3)18-5/h10-11,13-14,16,18H,6-9,12H2,1-5H3. The average Bonchev–Trinajstić information content (AvgIpc) is 2.50. The first-order valence-corrected chi connectivity index (χ1v) is 8.07. The van der Waals surface area contributed by atoms with Gasteiger partial charge in [-0.2, -0.15) is 0 Å². The molecule has 20 heavy (non-hydrogen) atoms. The number of hydrogen-bond acceptors (Lipinski definition) is 3. The van der Waals surface area contributed by atoms with E-state index in [0.717, 1.165) is 18.7 Å². The van der Waals surface area contributed by atoms with Crippen LogP contribution in [-0.4, -0.2) is 24.6 Å². The normalized spacial score (nSPS) is 14.1. The molecule has 0 amide bonds. The second-order valence-corrected chi connectivity index (χ2v) is 5.49. The Labute approximate surface area is 124 Å². The highest BCUT2D eigenvalue weighted by molar-refractivity contribution is 5.45. The van der Waals surface area contributed by atoms with Gasteiger partial charge in [-0.1, -0.05) is 27.2 Å². The third kappa shape index (κ3) is 4.48. The van der Waals surface area contributed by atoms with E-state index >= 15 is 0 Å². The summed E-state index contributed by atoms with van der Waals surface area (Å²) in [7, 11) is 2.00. The molecule has 0 spiro atoms. The molecule has 1 rings (SSSR count). The first kappa shape index (κ1) is 17.0. The molecule has 1 aromatic heterocycles. The van der Waals surface area contributed by atoms with Gasteiger partial charge >= 0.3 is 0 Å². The summed E-state index contributed by atoms with van der Waals surface area (Å²) in [6, 6.07) is 5.32. The molecule has 0 saturated heterocycles. The summed E-state index contributed by atoms with van der Waals surface area (Å²) >= 11 is 0. The highest BCUT2D eigenvalue weighted by Gasteiger charge is 2.14. The van der Waals surface area contributed by atoms with Gasteiger partial charge in [0.15, 0.2) is 0 Å². The molecule has 1 aromatic rings. The van der Waals surface area contributed by atoms with E-state index in [1.54, 1.807) is 0 Å². The van der Waals surface area contributed by atoms with Crippen molar-refractivity contribution in [3.05, 3.63) is 24.0 Å². The molecule has 3 nitrogen and oxygen atoms in total. The number of hydrogen-bond donors (Lipinski definition) is 1. The summed E-state index contributed by atoms with van der Waals surface area (Å²) in [5.41, 5.74) is 2.39. The molecular formula is C17H31N3. The van der Waals surface area contributed by atoms with E-state index in [-0.39, 0.29) is 0 Å². The Hall–Kier alpha value is -1.09. The first-order valence-electron chi connectivity index (χ1n) is 8.07. The molecule has 0 radical (unpaired) electrons. The van der Waals surface area contributed by atoms with Gasteiger partial charge in [-0.25, -0.2) is 0 Å². The summed E-state index contributed by atoms with van der Waals surface area (Å²) in [5, 5.41) is 3.31. The topological polar surface area (TPSA) is 28.2 Å². The van der Waals surface area contributed by atoms with Crippen molar-refractivity contribution in [1.82, 2.24) is 10.3 Å². The highest BCUT2D eigenvalue weighted by atomic mass is 15.2. The number of rotatable bonds is 9. The monoisotopic (exact) mass is 277 g/mol. The number of aromatic nitrogens is 1. The Balaban J connectivity index is 2.86. The van der Waals surface area contributed by atoms with E-state index in [9.17, 15) is 0 Å². The van der Waals surface area contributed by atoms with Gasteiger partial charge in [-0.3, -0.25) is 4.98 Å². The van der Waals surface area contributed by atoms with Gasteiger partial charge in [0.05, 0.1) is 17.6 Å². The van der Waals surface area contributed by atoms with Crippen molar-refractivity contribution in [2.45, 2.75) is 65.5 Å². The van der Waals surface area contributed by atoms with Crippen molar-refractivity contribution in [3.63, 3.8) is 0 Å². The predicted octanol–water partition coefficient (Wildman–Crippen LogP) is 4.16. The van der Waals surface area contributed by atoms with E-state index in [1.165, 1.54) is 24.9 Å². The Kier molecular flexibility index (Phi) is 7.60. The van der Waals surface area contributed by atoms with Crippen molar-refractivity contribution in [2.75, 3.05) is 18.5 Å². The van der Waals surface area contributed by atoms with Crippen LogP contribution in [0.2, 0.25) is 0 Å². The molecule has 2 atom stereocenters. The number of nitrogens with one attached hydrogen (secondary N) is 1. The quantitative estimate of drug-likeness (QED) is 0.734. The van der Waals surface area contributed by atoms with Crippen LogP contribution in [0, 0.1) is 0 Å². The molecule has 2 unspecified atom stereocenters. The van der Waals surface area contributed by atoms with Gasteiger partial charge in [-0.05, 0) is 45.4 Å². The highest BCUT2D eigenvalue weighted by Crippen LogP contribution is 2.21. The van der Waals surface area contributed by atoms with Gasteiger partial charge in [0, 0.05) is 18.6 Å². The molecule has 1 N–H and O–H groups in total. The summed E-state index contributed by atoms with van der Waals surface area (Å²) < 4.78 is 0. The Bertz CT molecular complexity index is 357. The van der Waals surface area contributed by atoms with Gasteiger partial charge < -0.3 is 10.2 Å². The minimum Gasteiger partial charge on any atom is -0.368 e. The van der Waals surface area contributed by atoms with Crippen LogP contribution in [0.5, 0.6) is 0 Å². The lowest BCUT2D eigenvalue weighted by Gasteiger charge is -2.30. The van der Waals surface area contributed by atoms with E-state index in [4.69, 9.17) is 0 Å². The number of unbranched alkanes of at least 4 members (excludes halogenated alkanes) is 1. The molecular weight excluding hydrogens is 246 g/mol. The smallest absolute Gasteiger partial charge is 0.0574 e. The van der Waals surface area contributed by atoms with Crippen LogP contribution in [-0.2, 0) is 0 Å². The Morgan fingerprint density at radius 3 is 2.40 bits per heavy atom. The SMILES string of the molecule is CCCCN(c1ccc(C(CC)NC)nc1)C(C)CC. The van der Waals surface area contributed by atoms with Crippen molar-refractivity contribution in [1.29, 1.82) is 0 Å². The maximum atomic E-state index is 4.66. The molecule has 0 aliphatic carbocycles. The average molecular weight is 277 g/mol.